The predicted molar refractivity (Wildman–Crippen MR) is 115 cm³/mol. The smallest absolute Gasteiger partial charge is 0.244 e. The van der Waals surface area contributed by atoms with Crippen molar-refractivity contribution in [2.24, 2.45) is 0 Å². The number of benzene rings is 2. The largest absolute Gasteiger partial charge is 0.356 e. The number of carbonyl (C=O) groups is 1. The minimum Gasteiger partial charge on any atom is -0.356 e. The fourth-order valence-electron chi connectivity index (χ4n) is 3.76. The van der Waals surface area contributed by atoms with E-state index in [-0.39, 0.29) is 11.7 Å². The second-order valence-electron chi connectivity index (χ2n) is 7.17. The summed E-state index contributed by atoms with van der Waals surface area (Å²) in [6, 6.07) is 11.2. The third-order valence-corrected chi connectivity index (χ3v) is 5.22. The first kappa shape index (κ1) is 18.9. The quantitative estimate of drug-likeness (QED) is 0.481. The summed E-state index contributed by atoms with van der Waals surface area (Å²) < 4.78 is 14.1. The van der Waals surface area contributed by atoms with Crippen molar-refractivity contribution >= 4 is 33.7 Å². The molecular formula is C24H22FN3O. The summed E-state index contributed by atoms with van der Waals surface area (Å²) in [4.78, 5) is 19.6. The number of pyridine rings is 1. The molecule has 0 radical (unpaired) electrons. The monoisotopic (exact) mass is 387 g/mol. The molecule has 5 heteroatoms. The molecule has 29 heavy (non-hydrogen) atoms. The van der Waals surface area contributed by atoms with Crippen molar-refractivity contribution < 1.29 is 9.18 Å². The summed E-state index contributed by atoms with van der Waals surface area (Å²) in [5, 5.41) is 5.91. The zero-order chi connectivity index (χ0) is 20.4. The molecule has 0 unspecified atom stereocenters. The Kier molecular flexibility index (Phi) is 5.12. The standard InChI is InChI=1S/C24H22FN3O/c1-15-7-9-21(25)24-23(15)19(16(2)28-24)11-12-27-22(29)10-8-18-14-26-13-17-5-3-4-6-20(17)18/h3-10,13-14,28H,11-12H2,1-2H3,(H,27,29). The second-order valence-corrected chi connectivity index (χ2v) is 7.17. The lowest BCUT2D eigenvalue weighted by Crippen LogP contribution is -2.23. The van der Waals surface area contributed by atoms with Gasteiger partial charge in [-0.2, -0.15) is 0 Å². The number of H-pyrrole nitrogens is 1. The lowest BCUT2D eigenvalue weighted by Gasteiger charge is -2.05. The van der Waals surface area contributed by atoms with E-state index in [9.17, 15) is 9.18 Å². The van der Waals surface area contributed by atoms with Crippen LogP contribution in [0.25, 0.3) is 27.8 Å². The van der Waals surface area contributed by atoms with Crippen molar-refractivity contribution in [2.45, 2.75) is 20.3 Å². The Hall–Kier alpha value is -3.47. The predicted octanol–water partition coefficient (Wildman–Crippen LogP) is 4.84. The molecule has 2 aromatic heterocycles. The van der Waals surface area contributed by atoms with Crippen LogP contribution in [-0.4, -0.2) is 22.4 Å². The molecule has 146 valence electrons. The Morgan fingerprint density at radius 3 is 2.86 bits per heavy atom. The highest BCUT2D eigenvalue weighted by atomic mass is 19.1. The Morgan fingerprint density at radius 2 is 2.00 bits per heavy atom. The van der Waals surface area contributed by atoms with Gasteiger partial charge in [0.15, 0.2) is 0 Å². The molecule has 0 aliphatic carbocycles. The van der Waals surface area contributed by atoms with Crippen LogP contribution >= 0.6 is 0 Å². The van der Waals surface area contributed by atoms with Crippen LogP contribution in [-0.2, 0) is 11.2 Å². The molecule has 0 aliphatic heterocycles. The Labute approximate surface area is 168 Å². The maximum absolute atomic E-state index is 14.1. The molecule has 0 saturated carbocycles. The Bertz CT molecular complexity index is 1230. The Balaban J connectivity index is 1.44. The van der Waals surface area contributed by atoms with E-state index in [4.69, 9.17) is 0 Å². The van der Waals surface area contributed by atoms with E-state index in [2.05, 4.69) is 15.3 Å². The molecule has 2 N–H and O–H groups in total. The van der Waals surface area contributed by atoms with Crippen LogP contribution in [0.1, 0.15) is 22.4 Å². The van der Waals surface area contributed by atoms with Crippen molar-refractivity contribution in [3.05, 3.63) is 83.1 Å². The van der Waals surface area contributed by atoms with E-state index in [1.807, 2.05) is 38.1 Å². The highest BCUT2D eigenvalue weighted by molar-refractivity contribution is 5.96. The van der Waals surface area contributed by atoms with Crippen molar-refractivity contribution in [3.8, 4) is 0 Å². The number of hydrogen-bond donors (Lipinski definition) is 2. The third kappa shape index (κ3) is 3.76. The first-order chi connectivity index (χ1) is 14.0. The van der Waals surface area contributed by atoms with Gasteiger partial charge in [0, 0.05) is 47.0 Å². The van der Waals surface area contributed by atoms with Crippen molar-refractivity contribution in [2.75, 3.05) is 6.54 Å². The molecule has 4 aromatic rings. The highest BCUT2D eigenvalue weighted by Gasteiger charge is 2.13. The third-order valence-electron chi connectivity index (χ3n) is 5.22. The van der Waals surface area contributed by atoms with E-state index < -0.39 is 0 Å². The minimum absolute atomic E-state index is 0.168. The summed E-state index contributed by atoms with van der Waals surface area (Å²) in [6.45, 7) is 4.38. The topological polar surface area (TPSA) is 57.8 Å². The van der Waals surface area contributed by atoms with Gasteiger partial charge in [-0.25, -0.2) is 4.39 Å². The van der Waals surface area contributed by atoms with Gasteiger partial charge in [0.1, 0.15) is 5.82 Å². The molecule has 2 aromatic carbocycles. The zero-order valence-electron chi connectivity index (χ0n) is 16.4. The van der Waals surface area contributed by atoms with Crippen LogP contribution in [0.2, 0.25) is 0 Å². The van der Waals surface area contributed by atoms with Gasteiger partial charge in [-0.15, -0.1) is 0 Å². The van der Waals surface area contributed by atoms with Crippen LogP contribution in [0.5, 0.6) is 0 Å². The maximum atomic E-state index is 14.1. The first-order valence-corrected chi connectivity index (χ1v) is 9.59. The van der Waals surface area contributed by atoms with Crippen LogP contribution < -0.4 is 5.32 Å². The summed E-state index contributed by atoms with van der Waals surface area (Å²) in [5.74, 6) is -0.422. The SMILES string of the molecule is Cc1[nH]c2c(F)ccc(C)c2c1CCNC(=O)C=Cc1cncc2ccccc12. The van der Waals surface area contributed by atoms with Gasteiger partial charge < -0.3 is 10.3 Å². The number of fused-ring (bicyclic) bond motifs is 2. The maximum Gasteiger partial charge on any atom is 0.244 e. The molecule has 4 nitrogen and oxygen atoms in total. The summed E-state index contributed by atoms with van der Waals surface area (Å²) in [5.41, 5.74) is 4.43. The fraction of sp³-hybridized carbons (Fsp3) is 0.167. The highest BCUT2D eigenvalue weighted by Crippen LogP contribution is 2.27. The average molecular weight is 387 g/mol. The van der Waals surface area contributed by atoms with Crippen LogP contribution in [0.15, 0.2) is 54.9 Å². The lowest BCUT2D eigenvalue weighted by atomic mass is 10.0. The van der Waals surface area contributed by atoms with Gasteiger partial charge in [0.2, 0.25) is 5.91 Å². The molecular weight excluding hydrogens is 365 g/mol. The molecule has 0 saturated heterocycles. The number of aromatic amines is 1. The van der Waals surface area contributed by atoms with E-state index in [1.165, 1.54) is 12.1 Å². The van der Waals surface area contributed by atoms with Gasteiger partial charge in [0.05, 0.1) is 5.52 Å². The van der Waals surface area contributed by atoms with Crippen molar-refractivity contribution in [3.63, 3.8) is 0 Å². The van der Waals surface area contributed by atoms with E-state index >= 15 is 0 Å². The van der Waals surface area contributed by atoms with Crippen LogP contribution in [0.4, 0.5) is 4.39 Å². The number of aryl methyl sites for hydroxylation is 2. The van der Waals surface area contributed by atoms with Crippen LogP contribution in [0, 0.1) is 19.7 Å². The summed E-state index contributed by atoms with van der Waals surface area (Å²) in [6.07, 6.45) is 7.49. The van der Waals surface area contributed by atoms with Gasteiger partial charge in [-0.05, 0) is 48.9 Å². The fourth-order valence-corrected chi connectivity index (χ4v) is 3.76. The number of rotatable bonds is 5. The number of carbonyl (C=O) groups excluding carboxylic acids is 1. The van der Waals surface area contributed by atoms with Gasteiger partial charge >= 0.3 is 0 Å². The second kappa shape index (κ2) is 7.87. The normalized spacial score (nSPS) is 11.6. The number of aromatic nitrogens is 2. The number of halogens is 1. The average Bonchev–Trinajstić information content (AvgIpc) is 3.07. The van der Waals surface area contributed by atoms with E-state index in [1.54, 1.807) is 24.5 Å². The number of hydrogen-bond acceptors (Lipinski definition) is 2. The number of nitrogens with one attached hydrogen (secondary N) is 2. The molecule has 4 rings (SSSR count). The first-order valence-electron chi connectivity index (χ1n) is 9.59. The molecule has 2 heterocycles. The molecule has 0 bridgehead atoms. The van der Waals surface area contributed by atoms with Gasteiger partial charge in [-0.1, -0.05) is 30.3 Å². The Morgan fingerprint density at radius 1 is 1.17 bits per heavy atom. The molecule has 0 spiro atoms. The molecule has 0 atom stereocenters. The number of nitrogens with zero attached hydrogens (tertiary/aromatic N) is 1. The summed E-state index contributed by atoms with van der Waals surface area (Å²) in [7, 11) is 0. The van der Waals surface area contributed by atoms with Crippen molar-refractivity contribution in [1.82, 2.24) is 15.3 Å². The van der Waals surface area contributed by atoms with Gasteiger partial charge in [0.25, 0.3) is 0 Å². The lowest BCUT2D eigenvalue weighted by molar-refractivity contribution is -0.116. The number of amides is 1. The summed E-state index contributed by atoms with van der Waals surface area (Å²) >= 11 is 0. The van der Waals surface area contributed by atoms with Crippen molar-refractivity contribution in [1.29, 1.82) is 0 Å². The molecule has 1 amide bonds. The molecule has 0 fully saturated rings. The van der Waals surface area contributed by atoms with E-state index in [0.29, 0.717) is 18.5 Å². The minimum atomic E-state index is -0.254. The van der Waals surface area contributed by atoms with Gasteiger partial charge in [-0.3, -0.25) is 9.78 Å². The van der Waals surface area contributed by atoms with Crippen LogP contribution in [0.3, 0.4) is 0 Å². The zero-order valence-corrected chi connectivity index (χ0v) is 16.4. The molecule has 0 aliphatic rings. The van der Waals surface area contributed by atoms with E-state index in [0.717, 1.165) is 38.5 Å².